The Bertz CT molecular complexity index is 1300. The summed E-state index contributed by atoms with van der Waals surface area (Å²) in [4.78, 5) is 2.14. The molecular weight excluding hydrogens is 479 g/mol. The van der Waals surface area contributed by atoms with Gasteiger partial charge in [0, 0.05) is 12.6 Å². The number of nitrogens with zero attached hydrogens (tertiary/aromatic N) is 1. The second-order valence-electron chi connectivity index (χ2n) is 9.58. The molecule has 2 aliphatic rings. The highest BCUT2D eigenvalue weighted by Crippen LogP contribution is 2.37. The van der Waals surface area contributed by atoms with Gasteiger partial charge < -0.3 is 14.6 Å². The van der Waals surface area contributed by atoms with E-state index in [1.165, 1.54) is 0 Å². The molecule has 2 heterocycles. The predicted molar refractivity (Wildman–Crippen MR) is 138 cm³/mol. The predicted octanol–water partition coefficient (Wildman–Crippen LogP) is 6.58. The number of ether oxygens (including phenoxy) is 2. The van der Waals surface area contributed by atoms with E-state index in [-0.39, 0.29) is 18.2 Å². The quantitative estimate of drug-likeness (QED) is 0.381. The maximum atomic E-state index is 13.8. The zero-order chi connectivity index (χ0) is 26.0. The van der Waals surface area contributed by atoms with Crippen molar-refractivity contribution in [2.24, 2.45) is 0 Å². The average molecular weight is 510 g/mol. The molecule has 1 fully saturated rings. The van der Waals surface area contributed by atoms with Crippen LogP contribution in [0, 0.1) is 6.92 Å². The molecule has 1 N–H and O–H groups in total. The van der Waals surface area contributed by atoms with Crippen LogP contribution in [0.15, 0.2) is 54.6 Å². The maximum Gasteiger partial charge on any atom is 0.416 e. The number of alkyl halides is 3. The van der Waals surface area contributed by atoms with Crippen LogP contribution in [0.5, 0.6) is 11.5 Å². The zero-order valence-corrected chi connectivity index (χ0v) is 20.7. The first-order chi connectivity index (χ1) is 17.8. The zero-order valence-electron chi connectivity index (χ0n) is 20.7. The molecule has 3 aromatic carbocycles. The molecule has 3 aromatic rings. The molecule has 4 nitrogen and oxygen atoms in total. The van der Waals surface area contributed by atoms with Gasteiger partial charge in [0.15, 0.2) is 11.5 Å². The highest BCUT2D eigenvalue weighted by molar-refractivity contribution is 5.79. The third-order valence-corrected chi connectivity index (χ3v) is 7.19. The summed E-state index contributed by atoms with van der Waals surface area (Å²) in [5.74, 6) is 1.40. The summed E-state index contributed by atoms with van der Waals surface area (Å²) >= 11 is 0. The monoisotopic (exact) mass is 509 g/mol. The third kappa shape index (κ3) is 5.53. The lowest BCUT2D eigenvalue weighted by molar-refractivity contribution is -0.137. The number of likely N-dealkylation sites (tertiary alicyclic amines) is 1. The highest BCUT2D eigenvalue weighted by atomic mass is 19.4. The molecule has 194 valence electrons. The van der Waals surface area contributed by atoms with Gasteiger partial charge in [-0.15, -0.1) is 0 Å². The lowest BCUT2D eigenvalue weighted by atomic mass is 9.95. The van der Waals surface area contributed by atoms with Crippen LogP contribution in [0.4, 0.5) is 13.2 Å². The Labute approximate surface area is 215 Å². The van der Waals surface area contributed by atoms with Crippen LogP contribution < -0.4 is 9.47 Å². The van der Waals surface area contributed by atoms with Crippen molar-refractivity contribution in [2.45, 2.75) is 38.5 Å². The van der Waals surface area contributed by atoms with E-state index in [2.05, 4.69) is 4.90 Å². The van der Waals surface area contributed by atoms with Crippen LogP contribution in [0.1, 0.15) is 40.7 Å². The van der Waals surface area contributed by atoms with E-state index in [4.69, 9.17) is 9.47 Å². The molecule has 0 radical (unpaired) electrons. The van der Waals surface area contributed by atoms with Crippen molar-refractivity contribution >= 4 is 12.2 Å². The summed E-state index contributed by atoms with van der Waals surface area (Å²) in [5, 5.41) is 9.60. The molecule has 37 heavy (non-hydrogen) atoms. The van der Waals surface area contributed by atoms with Crippen molar-refractivity contribution in [3.63, 3.8) is 0 Å². The van der Waals surface area contributed by atoms with E-state index < -0.39 is 11.7 Å². The molecule has 0 saturated carbocycles. The number of hydrogen-bond acceptors (Lipinski definition) is 4. The fraction of sp³-hybridized carbons (Fsp3) is 0.333. The van der Waals surface area contributed by atoms with Crippen molar-refractivity contribution in [1.29, 1.82) is 0 Å². The highest BCUT2D eigenvalue weighted by Gasteiger charge is 2.33. The minimum Gasteiger partial charge on any atom is -0.486 e. The van der Waals surface area contributed by atoms with Crippen molar-refractivity contribution in [3.05, 3.63) is 82.4 Å². The standard InChI is InChI=1S/C30H30F3NO3/c1-20-22(4-2-6-26(20)23-10-12-28-29(17-23)37-15-14-36-28)8-9-24-16-21(7-11-27(24)30(31,32)33)18-34-13-3-5-25(34)19-35/h2,4,6-12,16-17,25,35H,3,5,13-15,18-19H2,1H3/b9-8+. The second kappa shape index (κ2) is 10.6. The molecule has 1 atom stereocenters. The molecule has 0 amide bonds. The number of hydrogen-bond donors (Lipinski definition) is 1. The van der Waals surface area contributed by atoms with Crippen LogP contribution in [0.2, 0.25) is 0 Å². The first-order valence-electron chi connectivity index (χ1n) is 12.6. The van der Waals surface area contributed by atoms with Gasteiger partial charge in [-0.25, -0.2) is 0 Å². The average Bonchev–Trinajstić information content (AvgIpc) is 3.34. The van der Waals surface area contributed by atoms with Gasteiger partial charge in [-0.2, -0.15) is 13.2 Å². The van der Waals surface area contributed by atoms with Crippen LogP contribution in [0.25, 0.3) is 23.3 Å². The third-order valence-electron chi connectivity index (χ3n) is 7.19. The first-order valence-corrected chi connectivity index (χ1v) is 12.6. The largest absolute Gasteiger partial charge is 0.486 e. The van der Waals surface area contributed by atoms with Gasteiger partial charge >= 0.3 is 6.18 Å². The van der Waals surface area contributed by atoms with Crippen molar-refractivity contribution in [3.8, 4) is 22.6 Å². The van der Waals surface area contributed by atoms with Crippen LogP contribution >= 0.6 is 0 Å². The van der Waals surface area contributed by atoms with E-state index in [1.807, 2.05) is 43.3 Å². The summed E-state index contributed by atoms with van der Waals surface area (Å²) in [6.45, 7) is 4.40. The van der Waals surface area contributed by atoms with Gasteiger partial charge in [-0.1, -0.05) is 42.5 Å². The van der Waals surface area contributed by atoms with Gasteiger partial charge in [0.05, 0.1) is 12.2 Å². The molecule has 1 saturated heterocycles. The molecule has 1 unspecified atom stereocenters. The summed E-state index contributed by atoms with van der Waals surface area (Å²) in [6, 6.07) is 16.0. The van der Waals surface area contributed by atoms with Crippen LogP contribution in [0.3, 0.4) is 0 Å². The fourth-order valence-electron chi connectivity index (χ4n) is 5.19. The topological polar surface area (TPSA) is 41.9 Å². The molecule has 0 bridgehead atoms. The van der Waals surface area contributed by atoms with Gasteiger partial charge in [-0.3, -0.25) is 4.90 Å². The van der Waals surface area contributed by atoms with Gasteiger partial charge in [0.2, 0.25) is 0 Å². The lowest BCUT2D eigenvalue weighted by Crippen LogP contribution is -2.31. The van der Waals surface area contributed by atoms with Gasteiger partial charge in [-0.05, 0) is 84.0 Å². The first kappa shape index (κ1) is 25.4. The normalized spacial score (nSPS) is 18.0. The minimum atomic E-state index is -4.46. The van der Waals surface area contributed by atoms with E-state index in [0.29, 0.717) is 31.3 Å². The van der Waals surface area contributed by atoms with E-state index >= 15 is 0 Å². The Hall–Kier alpha value is -3.29. The Balaban J connectivity index is 1.45. The van der Waals surface area contributed by atoms with E-state index in [0.717, 1.165) is 53.3 Å². The number of rotatable bonds is 6. The molecule has 0 aromatic heterocycles. The Morgan fingerprint density at radius 1 is 0.973 bits per heavy atom. The Morgan fingerprint density at radius 2 is 1.76 bits per heavy atom. The molecular formula is C30H30F3NO3. The number of aliphatic hydroxyl groups excluding tert-OH is 1. The van der Waals surface area contributed by atoms with Crippen molar-refractivity contribution in [2.75, 3.05) is 26.4 Å². The minimum absolute atomic E-state index is 0.0619. The fourth-order valence-corrected chi connectivity index (χ4v) is 5.19. The number of aliphatic hydroxyl groups is 1. The maximum absolute atomic E-state index is 13.8. The van der Waals surface area contributed by atoms with Gasteiger partial charge in [0.25, 0.3) is 0 Å². The van der Waals surface area contributed by atoms with Gasteiger partial charge in [0.1, 0.15) is 13.2 Å². The summed E-state index contributed by atoms with van der Waals surface area (Å²) in [7, 11) is 0. The second-order valence-corrected chi connectivity index (χ2v) is 9.58. The molecule has 0 aliphatic carbocycles. The molecule has 2 aliphatic heterocycles. The summed E-state index contributed by atoms with van der Waals surface area (Å²) < 4.78 is 52.8. The van der Waals surface area contributed by atoms with E-state index in [1.54, 1.807) is 24.3 Å². The Morgan fingerprint density at radius 3 is 2.54 bits per heavy atom. The molecule has 0 spiro atoms. The molecule has 5 rings (SSSR count). The number of halogens is 3. The van der Waals surface area contributed by atoms with Crippen molar-refractivity contribution < 1.29 is 27.8 Å². The number of fused-ring (bicyclic) bond motifs is 1. The summed E-state index contributed by atoms with van der Waals surface area (Å²) in [6.07, 6.45) is 0.732. The number of benzene rings is 3. The smallest absolute Gasteiger partial charge is 0.416 e. The Kier molecular flexibility index (Phi) is 7.26. The van der Waals surface area contributed by atoms with Crippen LogP contribution in [-0.4, -0.2) is 42.4 Å². The lowest BCUT2D eigenvalue weighted by Gasteiger charge is -2.23. The SMILES string of the molecule is Cc1c(/C=C/c2cc(CN3CCCC3CO)ccc2C(F)(F)F)cccc1-c1ccc2c(c1)OCCO2. The van der Waals surface area contributed by atoms with Crippen molar-refractivity contribution in [1.82, 2.24) is 4.90 Å². The molecule has 7 heteroatoms. The van der Waals surface area contributed by atoms with E-state index in [9.17, 15) is 18.3 Å². The van der Waals surface area contributed by atoms with Crippen LogP contribution in [-0.2, 0) is 12.7 Å². The summed E-state index contributed by atoms with van der Waals surface area (Å²) in [5.41, 5.74) is 4.01.